The fraction of sp³-hybridized carbons (Fsp3) is 0.462. The number of halogens is 1. The maximum Gasteiger partial charge on any atom is 0.251 e. The van der Waals surface area contributed by atoms with Gasteiger partial charge in [-0.2, -0.15) is 0 Å². The Labute approximate surface area is 118 Å². The number of nitrogens with one attached hydrogen (secondary N) is 1. The molecule has 1 heterocycles. The molecule has 0 radical (unpaired) electrons. The lowest BCUT2D eigenvalue weighted by molar-refractivity contribution is 0.0934. The highest BCUT2D eigenvalue weighted by molar-refractivity contribution is 9.10. The van der Waals surface area contributed by atoms with Gasteiger partial charge in [-0.15, -0.1) is 0 Å². The Morgan fingerprint density at radius 1 is 1.33 bits per heavy atom. The van der Waals surface area contributed by atoms with E-state index in [4.69, 9.17) is 0 Å². The minimum atomic E-state index is -0.686. The van der Waals surface area contributed by atoms with Gasteiger partial charge in [-0.1, -0.05) is 15.9 Å². The van der Waals surface area contributed by atoms with Gasteiger partial charge < -0.3 is 5.32 Å². The number of aryl methyl sites for hydroxylation is 1. The average molecular weight is 330 g/mol. The first-order valence-electron chi connectivity index (χ1n) is 5.97. The predicted octanol–water partition coefficient (Wildman–Crippen LogP) is 2.40. The van der Waals surface area contributed by atoms with Crippen molar-refractivity contribution in [1.82, 2.24) is 5.32 Å². The Hall–Kier alpha value is -0.680. The summed E-state index contributed by atoms with van der Waals surface area (Å²) < 4.78 is 12.2. The zero-order chi connectivity index (χ0) is 13.1. The van der Waals surface area contributed by atoms with E-state index >= 15 is 0 Å². The summed E-state index contributed by atoms with van der Waals surface area (Å²) >= 11 is 3.39. The van der Waals surface area contributed by atoms with Crippen molar-refractivity contribution in [2.24, 2.45) is 0 Å². The number of rotatable bonds is 2. The molecule has 0 spiro atoms. The van der Waals surface area contributed by atoms with E-state index in [1.807, 2.05) is 25.1 Å². The SMILES string of the molecule is Cc1cc(Br)cc(C(=O)NC2CCS(=O)CC2)c1. The normalized spacial score (nSPS) is 23.7. The van der Waals surface area contributed by atoms with E-state index in [-0.39, 0.29) is 11.9 Å². The highest BCUT2D eigenvalue weighted by atomic mass is 79.9. The molecule has 1 amide bonds. The lowest BCUT2D eigenvalue weighted by Crippen LogP contribution is -2.39. The van der Waals surface area contributed by atoms with E-state index < -0.39 is 10.8 Å². The first-order chi connectivity index (χ1) is 8.54. The number of hydrogen-bond donors (Lipinski definition) is 1. The second-order valence-corrected chi connectivity index (χ2v) is 7.22. The largest absolute Gasteiger partial charge is 0.349 e. The van der Waals surface area contributed by atoms with Crippen molar-refractivity contribution in [2.45, 2.75) is 25.8 Å². The highest BCUT2D eigenvalue weighted by Crippen LogP contribution is 2.16. The van der Waals surface area contributed by atoms with Gasteiger partial charge in [0.15, 0.2) is 0 Å². The minimum absolute atomic E-state index is 0.0444. The second kappa shape index (κ2) is 5.97. The van der Waals surface area contributed by atoms with Crippen molar-refractivity contribution < 1.29 is 9.00 Å². The zero-order valence-corrected chi connectivity index (χ0v) is 12.6. The topological polar surface area (TPSA) is 46.2 Å². The second-order valence-electron chi connectivity index (χ2n) is 4.61. The van der Waals surface area contributed by atoms with Crippen LogP contribution in [0.15, 0.2) is 22.7 Å². The van der Waals surface area contributed by atoms with Crippen LogP contribution in [0.2, 0.25) is 0 Å². The number of carbonyl (C=O) groups is 1. The van der Waals surface area contributed by atoms with E-state index in [1.54, 1.807) is 0 Å². The van der Waals surface area contributed by atoms with Crippen molar-refractivity contribution >= 4 is 32.6 Å². The summed E-state index contributed by atoms with van der Waals surface area (Å²) in [6.45, 7) is 1.96. The Morgan fingerprint density at radius 3 is 2.61 bits per heavy atom. The van der Waals surface area contributed by atoms with Crippen LogP contribution >= 0.6 is 15.9 Å². The summed E-state index contributed by atoms with van der Waals surface area (Å²) in [6.07, 6.45) is 1.62. The van der Waals surface area contributed by atoms with Crippen molar-refractivity contribution in [1.29, 1.82) is 0 Å². The predicted molar refractivity (Wildman–Crippen MR) is 77.2 cm³/mol. The van der Waals surface area contributed by atoms with Crippen LogP contribution in [0.3, 0.4) is 0 Å². The van der Waals surface area contributed by atoms with Gasteiger partial charge in [-0.3, -0.25) is 9.00 Å². The Bertz CT molecular complexity index is 460. The third-order valence-electron chi connectivity index (χ3n) is 3.03. The van der Waals surface area contributed by atoms with Crippen LogP contribution < -0.4 is 5.32 Å². The summed E-state index contributed by atoms with van der Waals surface area (Å²) in [6, 6.07) is 5.83. The maximum absolute atomic E-state index is 12.1. The van der Waals surface area contributed by atoms with Crippen molar-refractivity contribution in [3.05, 3.63) is 33.8 Å². The van der Waals surface area contributed by atoms with Crippen LogP contribution in [0.4, 0.5) is 0 Å². The van der Waals surface area contributed by atoms with Gasteiger partial charge in [-0.25, -0.2) is 0 Å². The van der Waals surface area contributed by atoms with Crippen molar-refractivity contribution in [2.75, 3.05) is 11.5 Å². The third-order valence-corrected chi connectivity index (χ3v) is 4.87. The van der Waals surface area contributed by atoms with E-state index in [9.17, 15) is 9.00 Å². The summed E-state index contributed by atoms with van der Waals surface area (Å²) in [4.78, 5) is 12.1. The first kappa shape index (κ1) is 13.7. The molecule has 1 aliphatic rings. The molecule has 0 aliphatic carbocycles. The standard InChI is InChI=1S/C13H16BrNO2S/c1-9-6-10(8-11(14)7-9)13(16)15-12-2-4-18(17)5-3-12/h6-8,12H,2-5H2,1H3,(H,15,16). The molecule has 1 fully saturated rings. The molecule has 2 rings (SSSR count). The zero-order valence-electron chi connectivity index (χ0n) is 10.2. The summed E-state index contributed by atoms with van der Waals surface area (Å²) in [5.41, 5.74) is 1.73. The molecule has 0 bridgehead atoms. The number of carbonyl (C=O) groups excluding carboxylic acids is 1. The molecule has 1 aromatic rings. The van der Waals surface area contributed by atoms with Crippen LogP contribution in [0.5, 0.6) is 0 Å². The van der Waals surface area contributed by atoms with Gasteiger partial charge in [0.25, 0.3) is 5.91 Å². The average Bonchev–Trinajstić information content (AvgIpc) is 2.31. The smallest absolute Gasteiger partial charge is 0.251 e. The Morgan fingerprint density at radius 2 is 2.00 bits per heavy atom. The molecule has 0 saturated carbocycles. The molecule has 0 aromatic heterocycles. The quantitative estimate of drug-likeness (QED) is 0.905. The van der Waals surface area contributed by atoms with E-state index in [0.29, 0.717) is 17.1 Å². The molecule has 1 saturated heterocycles. The molecule has 3 nitrogen and oxygen atoms in total. The molecular formula is C13H16BrNO2S. The van der Waals surface area contributed by atoms with Gasteiger partial charge in [0, 0.05) is 38.4 Å². The van der Waals surface area contributed by atoms with Gasteiger partial charge >= 0.3 is 0 Å². The monoisotopic (exact) mass is 329 g/mol. The molecule has 98 valence electrons. The van der Waals surface area contributed by atoms with Crippen LogP contribution in [-0.4, -0.2) is 27.7 Å². The summed E-state index contributed by atoms with van der Waals surface area (Å²) in [5.74, 6) is 1.35. The molecule has 1 N–H and O–H groups in total. The van der Waals surface area contributed by atoms with E-state index in [2.05, 4.69) is 21.2 Å². The fourth-order valence-corrected chi connectivity index (χ4v) is 3.98. The van der Waals surface area contributed by atoms with Gasteiger partial charge in [0.05, 0.1) is 0 Å². The Balaban J connectivity index is 2.01. The molecular weight excluding hydrogens is 314 g/mol. The molecule has 1 aromatic carbocycles. The fourth-order valence-electron chi connectivity index (χ4n) is 2.07. The number of benzene rings is 1. The Kier molecular flexibility index (Phi) is 4.56. The van der Waals surface area contributed by atoms with Crippen LogP contribution in [0.25, 0.3) is 0 Å². The lowest BCUT2D eigenvalue weighted by Gasteiger charge is -2.22. The molecule has 5 heteroatoms. The van der Waals surface area contributed by atoms with Crippen LogP contribution in [0, 0.1) is 6.92 Å². The van der Waals surface area contributed by atoms with E-state index in [1.165, 1.54) is 0 Å². The van der Waals surface area contributed by atoms with Crippen molar-refractivity contribution in [3.63, 3.8) is 0 Å². The first-order valence-corrected chi connectivity index (χ1v) is 8.26. The number of hydrogen-bond acceptors (Lipinski definition) is 2. The molecule has 18 heavy (non-hydrogen) atoms. The molecule has 0 atom stereocenters. The van der Waals surface area contributed by atoms with Gasteiger partial charge in [0.1, 0.15) is 0 Å². The highest BCUT2D eigenvalue weighted by Gasteiger charge is 2.20. The molecule has 0 unspecified atom stereocenters. The van der Waals surface area contributed by atoms with E-state index in [0.717, 1.165) is 22.9 Å². The third kappa shape index (κ3) is 3.65. The maximum atomic E-state index is 12.1. The van der Waals surface area contributed by atoms with Crippen LogP contribution in [0.1, 0.15) is 28.8 Å². The summed E-state index contributed by atoms with van der Waals surface area (Å²) in [5, 5.41) is 3.02. The van der Waals surface area contributed by atoms with Gasteiger partial charge in [-0.05, 0) is 43.5 Å². The lowest BCUT2D eigenvalue weighted by atomic mass is 10.1. The van der Waals surface area contributed by atoms with Crippen LogP contribution in [-0.2, 0) is 10.8 Å². The van der Waals surface area contributed by atoms with Gasteiger partial charge in [0.2, 0.25) is 0 Å². The summed E-state index contributed by atoms with van der Waals surface area (Å²) in [7, 11) is -0.686. The molecule has 1 aliphatic heterocycles. The number of amides is 1. The minimum Gasteiger partial charge on any atom is -0.349 e. The van der Waals surface area contributed by atoms with Crippen molar-refractivity contribution in [3.8, 4) is 0 Å².